The molecule has 1 saturated carbocycles. The van der Waals surface area contributed by atoms with Gasteiger partial charge in [0.15, 0.2) is 0 Å². The van der Waals surface area contributed by atoms with E-state index < -0.39 is 0 Å². The Morgan fingerprint density at radius 1 is 1.16 bits per heavy atom. The third-order valence-electron chi connectivity index (χ3n) is 6.80. The number of hydrogen-bond donors (Lipinski definition) is 2. The summed E-state index contributed by atoms with van der Waals surface area (Å²) in [6.07, 6.45) is 9.88. The van der Waals surface area contributed by atoms with Crippen LogP contribution in [-0.2, 0) is 4.79 Å². The molecular weight excluding hydrogens is 398 g/mol. The van der Waals surface area contributed by atoms with E-state index in [-0.39, 0.29) is 11.9 Å². The molecule has 166 valence electrons. The fourth-order valence-electron chi connectivity index (χ4n) is 4.93. The number of pyridine rings is 1. The second kappa shape index (κ2) is 8.69. The van der Waals surface area contributed by atoms with Gasteiger partial charge in [0, 0.05) is 54.7 Å². The molecule has 2 atom stereocenters. The maximum atomic E-state index is 11.8. The van der Waals surface area contributed by atoms with E-state index in [2.05, 4.69) is 69.6 Å². The Hall–Kier alpha value is -3.28. The number of hydrogen-bond acceptors (Lipinski definition) is 4. The van der Waals surface area contributed by atoms with Crippen LogP contribution in [0.5, 0.6) is 0 Å². The van der Waals surface area contributed by atoms with E-state index in [1.54, 1.807) is 0 Å². The molecule has 2 aliphatic rings. The van der Waals surface area contributed by atoms with Crippen LogP contribution in [0.3, 0.4) is 0 Å². The summed E-state index contributed by atoms with van der Waals surface area (Å²) in [7, 11) is 0. The van der Waals surface area contributed by atoms with Crippen LogP contribution in [-0.4, -0.2) is 51.0 Å². The first-order valence-corrected chi connectivity index (χ1v) is 11.7. The third-order valence-corrected chi connectivity index (χ3v) is 6.80. The first kappa shape index (κ1) is 20.6. The predicted octanol–water partition coefficient (Wildman–Crippen LogP) is 4.57. The molecule has 2 aromatic heterocycles. The molecule has 1 aliphatic heterocycles. The number of carbonyl (C=O) groups excluding carboxylic acids is 1. The zero-order chi connectivity index (χ0) is 22.1. The fourth-order valence-corrected chi connectivity index (χ4v) is 4.93. The second-order valence-corrected chi connectivity index (χ2v) is 8.83. The van der Waals surface area contributed by atoms with Gasteiger partial charge in [0.2, 0.25) is 5.91 Å². The van der Waals surface area contributed by atoms with Gasteiger partial charge in [-0.25, -0.2) is 0 Å². The molecule has 5 rings (SSSR count). The highest BCUT2D eigenvalue weighted by atomic mass is 16.1. The second-order valence-electron chi connectivity index (χ2n) is 8.83. The summed E-state index contributed by atoms with van der Waals surface area (Å²) in [5.74, 6) is 0.151. The zero-order valence-electron chi connectivity index (χ0n) is 18.8. The number of H-pyrrole nitrogens is 1. The van der Waals surface area contributed by atoms with Crippen LogP contribution in [0.2, 0.25) is 0 Å². The lowest BCUT2D eigenvalue weighted by Gasteiger charge is -2.30. The van der Waals surface area contributed by atoms with Crippen LogP contribution in [0.1, 0.15) is 45.2 Å². The van der Waals surface area contributed by atoms with Gasteiger partial charge in [-0.2, -0.15) is 0 Å². The molecule has 3 heterocycles. The average molecular weight is 430 g/mol. The molecule has 1 aliphatic carbocycles. The number of amides is 1. The van der Waals surface area contributed by atoms with Crippen molar-refractivity contribution in [2.45, 2.75) is 51.6 Å². The normalized spacial score (nSPS) is 20.8. The zero-order valence-corrected chi connectivity index (χ0v) is 18.8. The molecule has 0 saturated heterocycles. The van der Waals surface area contributed by atoms with Crippen molar-refractivity contribution in [2.75, 3.05) is 13.2 Å². The Labute approximate surface area is 189 Å². The van der Waals surface area contributed by atoms with Crippen LogP contribution in [0.15, 0.2) is 55.0 Å². The van der Waals surface area contributed by atoms with Crippen molar-refractivity contribution in [1.29, 1.82) is 0 Å². The number of benzene rings is 1. The quantitative estimate of drug-likeness (QED) is 0.602. The van der Waals surface area contributed by atoms with E-state index in [1.807, 2.05) is 19.3 Å². The molecule has 1 aromatic carbocycles. The van der Waals surface area contributed by atoms with E-state index >= 15 is 0 Å². The summed E-state index contributed by atoms with van der Waals surface area (Å²) in [5.41, 5.74) is 5.64. The minimum absolute atomic E-state index is 0.151. The molecular formula is C26H31N5O. The molecule has 0 radical (unpaired) electrons. The molecule has 2 unspecified atom stereocenters. The molecule has 6 nitrogen and oxygen atoms in total. The Morgan fingerprint density at radius 2 is 2.03 bits per heavy atom. The molecule has 32 heavy (non-hydrogen) atoms. The number of nitrogens with zero attached hydrogens (tertiary/aromatic N) is 3. The molecule has 3 aromatic rings. The number of carbonyl (C=O) groups is 1. The summed E-state index contributed by atoms with van der Waals surface area (Å²) in [4.78, 5) is 24.8. The van der Waals surface area contributed by atoms with Gasteiger partial charge in [0.1, 0.15) is 0 Å². The highest BCUT2D eigenvalue weighted by Gasteiger charge is 2.34. The lowest BCUT2D eigenvalue weighted by molar-refractivity contribution is -0.121. The monoisotopic (exact) mass is 429 g/mol. The molecule has 1 fully saturated rings. The first-order chi connectivity index (χ1) is 15.6. The van der Waals surface area contributed by atoms with Crippen LogP contribution in [0, 0.1) is 0 Å². The summed E-state index contributed by atoms with van der Waals surface area (Å²) in [6.45, 7) is 5.95. The average Bonchev–Trinajstić information content (AvgIpc) is 3.57. The van der Waals surface area contributed by atoms with Crippen LogP contribution < -0.4 is 5.32 Å². The van der Waals surface area contributed by atoms with E-state index in [0.29, 0.717) is 12.5 Å². The highest BCUT2D eigenvalue weighted by molar-refractivity contribution is 5.85. The Morgan fingerprint density at radius 3 is 2.81 bits per heavy atom. The minimum atomic E-state index is 0.151. The molecule has 2 N–H and O–H groups in total. The lowest BCUT2D eigenvalue weighted by atomic mass is 10.1. The number of aromatic nitrogens is 2. The van der Waals surface area contributed by atoms with Gasteiger partial charge < -0.3 is 20.1 Å². The fraction of sp³-hybridized carbons (Fsp3) is 0.385. The third kappa shape index (κ3) is 3.97. The van der Waals surface area contributed by atoms with Crippen molar-refractivity contribution in [3.8, 4) is 11.1 Å². The standard InChI is InChI=1S/C26H31N5O/c1-3-26(32)29-21-7-8-22(14-21)31-17-30(4-2)16-25(31)24-10-6-20(15-28-24)18-5-9-23-19(13-18)11-12-27-23/h5-6,9-13,15-16,21-22,27H,3-4,7-8,14,17H2,1-2H3,(H,29,32). The van der Waals surface area contributed by atoms with E-state index in [1.165, 1.54) is 16.6 Å². The van der Waals surface area contributed by atoms with Crippen molar-refractivity contribution in [3.63, 3.8) is 0 Å². The molecule has 0 bridgehead atoms. The van der Waals surface area contributed by atoms with Crippen molar-refractivity contribution in [1.82, 2.24) is 25.1 Å². The Balaban J connectivity index is 1.35. The maximum Gasteiger partial charge on any atom is 0.219 e. The predicted molar refractivity (Wildman–Crippen MR) is 128 cm³/mol. The largest absolute Gasteiger partial charge is 0.361 e. The van der Waals surface area contributed by atoms with Gasteiger partial charge in [-0.05, 0) is 61.4 Å². The van der Waals surface area contributed by atoms with Gasteiger partial charge >= 0.3 is 0 Å². The number of fused-ring (bicyclic) bond motifs is 1. The SMILES string of the molecule is CCC(=O)NC1CCC(N2CN(CC)C=C2c2ccc(-c3ccc4[nH]ccc4c3)cn2)C1. The van der Waals surface area contributed by atoms with Gasteiger partial charge in [0.25, 0.3) is 0 Å². The number of nitrogens with one attached hydrogen (secondary N) is 2. The first-order valence-electron chi connectivity index (χ1n) is 11.7. The van der Waals surface area contributed by atoms with Gasteiger partial charge in [0.05, 0.1) is 18.1 Å². The Kier molecular flexibility index (Phi) is 5.60. The lowest BCUT2D eigenvalue weighted by Crippen LogP contribution is -2.37. The molecule has 1 amide bonds. The van der Waals surface area contributed by atoms with E-state index in [9.17, 15) is 4.79 Å². The summed E-state index contributed by atoms with van der Waals surface area (Å²) in [5, 5.41) is 4.39. The Bertz CT molecular complexity index is 1130. The summed E-state index contributed by atoms with van der Waals surface area (Å²) in [6, 6.07) is 13.6. The van der Waals surface area contributed by atoms with Crippen molar-refractivity contribution >= 4 is 22.5 Å². The van der Waals surface area contributed by atoms with Gasteiger partial charge in [-0.15, -0.1) is 0 Å². The van der Waals surface area contributed by atoms with Crippen molar-refractivity contribution < 1.29 is 4.79 Å². The van der Waals surface area contributed by atoms with Crippen molar-refractivity contribution in [3.05, 3.63) is 60.7 Å². The highest BCUT2D eigenvalue weighted by Crippen LogP contribution is 2.34. The smallest absolute Gasteiger partial charge is 0.219 e. The van der Waals surface area contributed by atoms with Crippen LogP contribution in [0.25, 0.3) is 27.7 Å². The topological polar surface area (TPSA) is 64.3 Å². The van der Waals surface area contributed by atoms with Crippen LogP contribution >= 0.6 is 0 Å². The minimum Gasteiger partial charge on any atom is -0.361 e. The number of rotatable bonds is 6. The van der Waals surface area contributed by atoms with Crippen LogP contribution in [0.4, 0.5) is 0 Å². The van der Waals surface area contributed by atoms with E-state index in [0.717, 1.165) is 49.2 Å². The molecule has 0 spiro atoms. The van der Waals surface area contributed by atoms with Crippen molar-refractivity contribution in [2.24, 2.45) is 0 Å². The van der Waals surface area contributed by atoms with Gasteiger partial charge in [-0.3, -0.25) is 9.78 Å². The number of aromatic amines is 1. The summed E-state index contributed by atoms with van der Waals surface area (Å²) >= 11 is 0. The van der Waals surface area contributed by atoms with E-state index in [4.69, 9.17) is 4.98 Å². The molecule has 6 heteroatoms. The maximum absolute atomic E-state index is 11.8. The summed E-state index contributed by atoms with van der Waals surface area (Å²) < 4.78 is 0. The van der Waals surface area contributed by atoms with Gasteiger partial charge in [-0.1, -0.05) is 19.1 Å².